The fourth-order valence-electron chi connectivity index (χ4n) is 7.62. The summed E-state index contributed by atoms with van der Waals surface area (Å²) < 4.78 is 0. The Morgan fingerprint density at radius 3 is 2.32 bits per heavy atom. The normalized spacial score (nSPS) is 21.6. The first-order valence-electron chi connectivity index (χ1n) is 14.2. The molecule has 2 aromatic rings. The van der Waals surface area contributed by atoms with Gasteiger partial charge < -0.3 is 14.9 Å². The monoisotopic (exact) mass is 506 g/mol. The summed E-state index contributed by atoms with van der Waals surface area (Å²) in [5, 5.41) is 10.2. The molecule has 5 aliphatic rings. The Labute approximate surface area is 224 Å². The van der Waals surface area contributed by atoms with E-state index in [2.05, 4.69) is 28.9 Å². The lowest BCUT2D eigenvalue weighted by Gasteiger charge is -2.41. The fraction of sp³-hybridized carbons (Fsp3) is 0.394. The number of piperidine rings is 1. The summed E-state index contributed by atoms with van der Waals surface area (Å²) in [6, 6.07) is 9.53. The number of benzene rings is 2. The molecule has 1 aliphatic carbocycles. The average Bonchev–Trinajstić information content (AvgIpc) is 2.94. The summed E-state index contributed by atoms with van der Waals surface area (Å²) in [4.78, 5) is 31.7. The Bertz CT molecular complexity index is 1490. The van der Waals surface area contributed by atoms with Crippen LogP contribution in [-0.2, 0) is 17.6 Å². The van der Waals surface area contributed by atoms with Gasteiger partial charge in [0.15, 0.2) is 5.78 Å². The maximum Gasteiger partial charge on any atom is 0.336 e. The van der Waals surface area contributed by atoms with Gasteiger partial charge in [0.1, 0.15) is 0 Å². The summed E-state index contributed by atoms with van der Waals surface area (Å²) in [7, 11) is 0. The predicted molar refractivity (Wildman–Crippen MR) is 150 cm³/mol. The van der Waals surface area contributed by atoms with Crippen molar-refractivity contribution in [1.29, 1.82) is 0 Å². The van der Waals surface area contributed by atoms with Crippen LogP contribution in [0.25, 0.3) is 5.57 Å². The second kappa shape index (κ2) is 9.00. The molecule has 0 atom stereocenters. The van der Waals surface area contributed by atoms with Crippen molar-refractivity contribution in [3.05, 3.63) is 92.2 Å². The van der Waals surface area contributed by atoms with Crippen molar-refractivity contribution in [2.45, 2.75) is 58.3 Å². The van der Waals surface area contributed by atoms with Gasteiger partial charge in [0.05, 0.1) is 5.56 Å². The van der Waals surface area contributed by atoms with Crippen LogP contribution in [0.5, 0.6) is 0 Å². The molecule has 0 amide bonds. The van der Waals surface area contributed by atoms with E-state index in [1.54, 1.807) is 12.1 Å². The highest BCUT2D eigenvalue weighted by atomic mass is 16.4. The lowest BCUT2D eigenvalue weighted by atomic mass is 9.76. The molecule has 0 aromatic heterocycles. The summed E-state index contributed by atoms with van der Waals surface area (Å²) in [6.45, 7) is 6.42. The summed E-state index contributed by atoms with van der Waals surface area (Å²) in [5.74, 6) is -0.878. The molecular formula is C33H34N2O3. The van der Waals surface area contributed by atoms with E-state index in [-0.39, 0.29) is 11.3 Å². The zero-order chi connectivity index (χ0) is 26.0. The molecule has 0 bridgehead atoms. The SMILES string of the molecule is Cc1c(/C(=C2/C=C3CCCN4CCCC(=C34)C2=O)c2ccccc2C(=O)O)cc2c3c1CCCN3CCC2. The van der Waals surface area contributed by atoms with E-state index in [4.69, 9.17) is 0 Å². The third kappa shape index (κ3) is 3.51. The minimum Gasteiger partial charge on any atom is -0.478 e. The van der Waals surface area contributed by atoms with Gasteiger partial charge >= 0.3 is 5.97 Å². The van der Waals surface area contributed by atoms with Gasteiger partial charge in [0, 0.05) is 54.3 Å². The van der Waals surface area contributed by atoms with Crippen LogP contribution in [0.3, 0.4) is 0 Å². The molecule has 7 rings (SSSR count). The number of aromatic carboxylic acids is 1. The molecule has 5 heteroatoms. The van der Waals surface area contributed by atoms with Gasteiger partial charge in [-0.2, -0.15) is 0 Å². The van der Waals surface area contributed by atoms with E-state index in [9.17, 15) is 14.7 Å². The zero-order valence-corrected chi connectivity index (χ0v) is 22.1. The zero-order valence-electron chi connectivity index (χ0n) is 22.1. The van der Waals surface area contributed by atoms with Crippen molar-refractivity contribution in [2.24, 2.45) is 0 Å². The van der Waals surface area contributed by atoms with Gasteiger partial charge in [-0.05, 0) is 110 Å². The Hall–Kier alpha value is -3.60. The fourth-order valence-corrected chi connectivity index (χ4v) is 7.62. The first-order chi connectivity index (χ1) is 18.5. The van der Waals surface area contributed by atoms with Crippen molar-refractivity contribution in [3.8, 4) is 0 Å². The van der Waals surface area contributed by atoms with E-state index >= 15 is 0 Å². The molecular weight excluding hydrogens is 472 g/mol. The van der Waals surface area contributed by atoms with Crippen LogP contribution in [0.15, 0.2) is 58.8 Å². The quantitative estimate of drug-likeness (QED) is 0.530. The Kier molecular flexibility index (Phi) is 5.57. The Balaban J connectivity index is 1.54. The van der Waals surface area contributed by atoms with E-state index in [1.165, 1.54) is 28.0 Å². The van der Waals surface area contributed by atoms with Gasteiger partial charge in [-0.3, -0.25) is 4.79 Å². The van der Waals surface area contributed by atoms with Gasteiger partial charge in [0.25, 0.3) is 0 Å². The van der Waals surface area contributed by atoms with Crippen LogP contribution in [-0.4, -0.2) is 47.9 Å². The number of aryl methyl sites for hydroxylation is 1. The van der Waals surface area contributed by atoms with Gasteiger partial charge in [-0.15, -0.1) is 0 Å². The van der Waals surface area contributed by atoms with Gasteiger partial charge in [0.2, 0.25) is 0 Å². The van der Waals surface area contributed by atoms with Crippen molar-refractivity contribution in [3.63, 3.8) is 0 Å². The second-order valence-corrected chi connectivity index (χ2v) is 11.4. The molecule has 2 aromatic carbocycles. The van der Waals surface area contributed by atoms with Crippen molar-refractivity contribution < 1.29 is 14.7 Å². The molecule has 0 radical (unpaired) electrons. The number of nitrogens with zero attached hydrogens (tertiary/aromatic N) is 2. The number of carbonyl (C=O) groups is 2. The number of hydrogen-bond acceptors (Lipinski definition) is 4. The number of carboxylic acids is 1. The van der Waals surface area contributed by atoms with E-state index in [1.807, 2.05) is 12.1 Å². The number of rotatable bonds is 3. The number of ketones is 1. The molecule has 5 nitrogen and oxygen atoms in total. The largest absolute Gasteiger partial charge is 0.478 e. The third-order valence-corrected chi connectivity index (χ3v) is 9.25. The molecule has 4 heterocycles. The van der Waals surface area contributed by atoms with E-state index in [0.717, 1.165) is 100.0 Å². The number of carbonyl (C=O) groups excluding carboxylic acids is 1. The predicted octanol–water partition coefficient (Wildman–Crippen LogP) is 5.85. The molecule has 0 unspecified atom stereocenters. The number of Topliss-reactive ketones (excluding diaryl/α,β-unsaturated/α-hetero) is 1. The van der Waals surface area contributed by atoms with Crippen molar-refractivity contribution in [2.75, 3.05) is 31.1 Å². The lowest BCUT2D eigenvalue weighted by Crippen LogP contribution is -2.37. The molecule has 194 valence electrons. The van der Waals surface area contributed by atoms with Crippen LogP contribution in [0.4, 0.5) is 5.69 Å². The van der Waals surface area contributed by atoms with Crippen molar-refractivity contribution >= 4 is 23.0 Å². The third-order valence-electron chi connectivity index (χ3n) is 9.25. The van der Waals surface area contributed by atoms with Crippen LogP contribution >= 0.6 is 0 Å². The minimum atomic E-state index is -0.959. The highest BCUT2D eigenvalue weighted by molar-refractivity contribution is 6.19. The second-order valence-electron chi connectivity index (χ2n) is 11.4. The number of allylic oxidation sites excluding steroid dienone is 4. The van der Waals surface area contributed by atoms with Crippen LogP contribution in [0.1, 0.15) is 76.7 Å². The highest BCUT2D eigenvalue weighted by Crippen LogP contribution is 2.46. The standard InChI is InChI=1S/C33H34N2O3/c1-20-23-12-6-16-34-14-4-8-21(30(23)34)18-27(20)29(24-10-2-3-11-25(24)33(37)38)28-19-22-9-5-15-35-17-7-13-26(31(22)35)32(28)36/h2-3,10-11,18-19H,4-9,12-17H2,1H3,(H,37,38)/b29-28-. The van der Waals surface area contributed by atoms with Gasteiger partial charge in [-0.1, -0.05) is 18.2 Å². The molecule has 38 heavy (non-hydrogen) atoms. The topological polar surface area (TPSA) is 60.9 Å². The molecule has 1 saturated heterocycles. The Morgan fingerprint density at radius 1 is 0.842 bits per heavy atom. The molecule has 1 N–H and O–H groups in total. The van der Waals surface area contributed by atoms with Crippen molar-refractivity contribution in [1.82, 2.24) is 4.90 Å². The smallest absolute Gasteiger partial charge is 0.336 e. The first-order valence-corrected chi connectivity index (χ1v) is 14.2. The van der Waals surface area contributed by atoms with Crippen LogP contribution in [0.2, 0.25) is 0 Å². The highest BCUT2D eigenvalue weighted by Gasteiger charge is 2.36. The molecule has 1 fully saturated rings. The van der Waals surface area contributed by atoms with Gasteiger partial charge in [-0.25, -0.2) is 4.79 Å². The van der Waals surface area contributed by atoms with E-state index in [0.29, 0.717) is 11.1 Å². The van der Waals surface area contributed by atoms with Crippen LogP contribution < -0.4 is 4.90 Å². The Morgan fingerprint density at radius 2 is 1.53 bits per heavy atom. The molecule has 4 aliphatic heterocycles. The van der Waals surface area contributed by atoms with Crippen LogP contribution in [0, 0.1) is 6.92 Å². The number of carboxylic acid groups (broad SMARTS) is 1. The maximum atomic E-state index is 14.3. The lowest BCUT2D eigenvalue weighted by molar-refractivity contribution is -0.112. The number of anilines is 1. The number of hydrogen-bond donors (Lipinski definition) is 1. The summed E-state index contributed by atoms with van der Waals surface area (Å²) in [6.07, 6.45) is 10.3. The summed E-state index contributed by atoms with van der Waals surface area (Å²) >= 11 is 0. The molecule has 0 saturated carbocycles. The van der Waals surface area contributed by atoms with E-state index < -0.39 is 5.97 Å². The maximum absolute atomic E-state index is 14.3. The first kappa shape index (κ1) is 23.5. The molecule has 0 spiro atoms. The summed E-state index contributed by atoms with van der Waals surface area (Å²) in [5.41, 5.74) is 12.1. The average molecular weight is 507 g/mol. The minimum absolute atomic E-state index is 0.0814.